The van der Waals surface area contributed by atoms with E-state index in [0.717, 1.165) is 28.4 Å². The molecule has 0 spiro atoms. The molecule has 142 valence electrons. The van der Waals surface area contributed by atoms with E-state index in [0.29, 0.717) is 11.8 Å². The highest BCUT2D eigenvalue weighted by atomic mass is 32.2. The predicted molar refractivity (Wildman–Crippen MR) is 112 cm³/mol. The standard InChI is InChI=1S/C20H19N5O2S/c1-4-27-16-7-5-15(6-8-16)24-12(2)9-14(13(24)3)10-17-18(21)25-20(23-19(17)26)28-11-22-25/h5-11,21H,4H2,1-3H3/b17-10-,21-18?. The van der Waals surface area contributed by atoms with Crippen LogP contribution in [0.2, 0.25) is 0 Å². The molecule has 0 bridgehead atoms. The zero-order valence-electron chi connectivity index (χ0n) is 15.8. The molecule has 0 radical (unpaired) electrons. The number of ether oxygens (including phenoxy) is 1. The maximum absolute atomic E-state index is 12.4. The van der Waals surface area contributed by atoms with E-state index in [4.69, 9.17) is 10.1 Å². The highest BCUT2D eigenvalue weighted by Crippen LogP contribution is 2.28. The largest absolute Gasteiger partial charge is 0.494 e. The summed E-state index contributed by atoms with van der Waals surface area (Å²) in [5.41, 5.74) is 5.69. The lowest BCUT2D eigenvalue weighted by Gasteiger charge is -2.20. The topological polar surface area (TPSA) is 83.0 Å². The van der Waals surface area contributed by atoms with Gasteiger partial charge in [0.25, 0.3) is 5.91 Å². The van der Waals surface area contributed by atoms with Crippen LogP contribution in [0.1, 0.15) is 23.9 Å². The molecule has 0 saturated carbocycles. The fraction of sp³-hybridized carbons (Fsp3) is 0.200. The second-order valence-electron chi connectivity index (χ2n) is 6.35. The van der Waals surface area contributed by atoms with E-state index in [1.165, 1.54) is 16.8 Å². The van der Waals surface area contributed by atoms with Crippen molar-refractivity contribution in [2.45, 2.75) is 20.8 Å². The number of amidine groups is 2. The summed E-state index contributed by atoms with van der Waals surface area (Å²) in [4.78, 5) is 16.4. The van der Waals surface area contributed by atoms with E-state index in [1.54, 1.807) is 11.6 Å². The van der Waals surface area contributed by atoms with Crippen molar-refractivity contribution in [3.63, 3.8) is 0 Å². The number of nitrogens with one attached hydrogen (secondary N) is 1. The first-order chi connectivity index (χ1) is 13.5. The molecule has 0 unspecified atom stereocenters. The normalized spacial score (nSPS) is 17.3. The molecule has 1 aromatic heterocycles. The van der Waals surface area contributed by atoms with Crippen LogP contribution in [0.15, 0.2) is 46.0 Å². The van der Waals surface area contributed by atoms with Crippen LogP contribution in [0.4, 0.5) is 0 Å². The number of hydrogen-bond acceptors (Lipinski definition) is 5. The van der Waals surface area contributed by atoms with Crippen molar-refractivity contribution in [2.75, 3.05) is 6.61 Å². The van der Waals surface area contributed by atoms with Gasteiger partial charge in [-0.25, -0.2) is 0 Å². The summed E-state index contributed by atoms with van der Waals surface area (Å²) in [6.45, 7) is 6.59. The van der Waals surface area contributed by atoms with Crippen molar-refractivity contribution in [1.29, 1.82) is 5.41 Å². The molecule has 8 heteroatoms. The van der Waals surface area contributed by atoms with E-state index in [9.17, 15) is 4.79 Å². The predicted octanol–water partition coefficient (Wildman–Crippen LogP) is 3.74. The average Bonchev–Trinajstić information content (AvgIpc) is 3.24. The minimum atomic E-state index is -0.417. The monoisotopic (exact) mass is 393 g/mol. The van der Waals surface area contributed by atoms with Crippen LogP contribution in [-0.2, 0) is 4.79 Å². The van der Waals surface area contributed by atoms with Gasteiger partial charge >= 0.3 is 0 Å². The molecule has 0 fully saturated rings. The molecule has 0 saturated heterocycles. The van der Waals surface area contributed by atoms with Gasteiger partial charge in [0.05, 0.1) is 17.7 Å². The summed E-state index contributed by atoms with van der Waals surface area (Å²) in [5, 5.41) is 14.2. The van der Waals surface area contributed by atoms with Crippen LogP contribution < -0.4 is 4.74 Å². The first-order valence-electron chi connectivity index (χ1n) is 8.84. The fourth-order valence-corrected chi connectivity index (χ4v) is 3.89. The molecule has 4 rings (SSSR count). The molecule has 28 heavy (non-hydrogen) atoms. The number of aromatic nitrogens is 1. The second kappa shape index (κ2) is 7.12. The van der Waals surface area contributed by atoms with Gasteiger partial charge < -0.3 is 9.30 Å². The first-order valence-corrected chi connectivity index (χ1v) is 9.72. The number of hydrazone groups is 1. The zero-order chi connectivity index (χ0) is 19.8. The number of carbonyl (C=O) groups excluding carboxylic acids is 1. The molecule has 1 aromatic carbocycles. The lowest BCUT2D eigenvalue weighted by molar-refractivity contribution is -0.114. The average molecular weight is 393 g/mol. The minimum Gasteiger partial charge on any atom is -0.494 e. The van der Waals surface area contributed by atoms with Crippen molar-refractivity contribution in [3.05, 3.63) is 52.9 Å². The molecule has 0 aliphatic carbocycles. The van der Waals surface area contributed by atoms with Crippen LogP contribution in [0.3, 0.4) is 0 Å². The van der Waals surface area contributed by atoms with Crippen LogP contribution >= 0.6 is 11.8 Å². The molecule has 2 aliphatic heterocycles. The quantitative estimate of drug-likeness (QED) is 0.802. The van der Waals surface area contributed by atoms with E-state index < -0.39 is 5.91 Å². The molecular formula is C20H19N5O2S. The van der Waals surface area contributed by atoms with Crippen molar-refractivity contribution < 1.29 is 9.53 Å². The van der Waals surface area contributed by atoms with Crippen LogP contribution in [0.5, 0.6) is 5.75 Å². The number of fused-ring (bicyclic) bond motifs is 1. The summed E-state index contributed by atoms with van der Waals surface area (Å²) in [5.74, 6) is 0.456. The molecular weight excluding hydrogens is 374 g/mol. The lowest BCUT2D eigenvalue weighted by atomic mass is 10.1. The Morgan fingerprint density at radius 3 is 2.71 bits per heavy atom. The Hall–Kier alpha value is -3.13. The van der Waals surface area contributed by atoms with Gasteiger partial charge in [0, 0.05) is 17.1 Å². The molecule has 7 nitrogen and oxygen atoms in total. The van der Waals surface area contributed by atoms with Gasteiger partial charge in [-0.2, -0.15) is 15.1 Å². The summed E-state index contributed by atoms with van der Waals surface area (Å²) < 4.78 is 7.62. The summed E-state index contributed by atoms with van der Waals surface area (Å²) >= 11 is 1.23. The molecule has 0 atom stereocenters. The van der Waals surface area contributed by atoms with Gasteiger partial charge in [-0.15, -0.1) is 0 Å². The smallest absolute Gasteiger partial charge is 0.283 e. The molecule has 2 aliphatic rings. The summed E-state index contributed by atoms with van der Waals surface area (Å²) in [6, 6.07) is 9.89. The third kappa shape index (κ3) is 3.05. The SMILES string of the molecule is CCOc1ccc(-n2c(C)cc(/C=C3/C(=N)N4N=CSC4=NC3=O)c2C)cc1. The highest BCUT2D eigenvalue weighted by Gasteiger charge is 2.32. The fourth-order valence-electron chi connectivity index (χ4n) is 3.28. The third-order valence-corrected chi connectivity index (χ3v) is 5.25. The minimum absolute atomic E-state index is 0.0436. The van der Waals surface area contributed by atoms with E-state index in [2.05, 4.69) is 14.7 Å². The summed E-state index contributed by atoms with van der Waals surface area (Å²) in [7, 11) is 0. The van der Waals surface area contributed by atoms with Gasteiger partial charge in [0.2, 0.25) is 0 Å². The van der Waals surface area contributed by atoms with Crippen LogP contribution in [0.25, 0.3) is 11.8 Å². The number of amides is 1. The maximum Gasteiger partial charge on any atom is 0.283 e. The van der Waals surface area contributed by atoms with Crippen LogP contribution in [0, 0.1) is 19.3 Å². The Bertz CT molecular complexity index is 1060. The Morgan fingerprint density at radius 1 is 1.25 bits per heavy atom. The van der Waals surface area contributed by atoms with E-state index in [1.807, 2.05) is 51.1 Å². The summed E-state index contributed by atoms with van der Waals surface area (Å²) in [6.07, 6.45) is 1.72. The van der Waals surface area contributed by atoms with Crippen molar-refractivity contribution in [2.24, 2.45) is 10.1 Å². The van der Waals surface area contributed by atoms with Gasteiger partial charge in [-0.1, -0.05) is 0 Å². The Balaban J connectivity index is 1.71. The van der Waals surface area contributed by atoms with Gasteiger partial charge in [0.15, 0.2) is 11.0 Å². The number of thioether (sulfide) groups is 1. The lowest BCUT2D eigenvalue weighted by Crippen LogP contribution is -2.35. The van der Waals surface area contributed by atoms with Gasteiger partial charge in [-0.05, 0) is 74.5 Å². The molecule has 3 heterocycles. The molecule has 2 aromatic rings. The third-order valence-electron chi connectivity index (χ3n) is 4.57. The van der Waals surface area contributed by atoms with E-state index >= 15 is 0 Å². The number of rotatable bonds is 4. The number of carbonyl (C=O) groups is 1. The molecule has 1 N–H and O–H groups in total. The number of aliphatic imine (C=N–C) groups is 1. The van der Waals surface area contributed by atoms with E-state index in [-0.39, 0.29) is 11.4 Å². The van der Waals surface area contributed by atoms with Gasteiger partial charge in [-0.3, -0.25) is 10.2 Å². The first kappa shape index (κ1) is 18.2. The highest BCUT2D eigenvalue weighted by molar-refractivity contribution is 8.25. The molecule has 1 amide bonds. The Kier molecular flexibility index (Phi) is 4.64. The zero-order valence-corrected chi connectivity index (χ0v) is 16.6. The van der Waals surface area contributed by atoms with Gasteiger partial charge in [0.1, 0.15) is 5.75 Å². The van der Waals surface area contributed by atoms with Crippen molar-refractivity contribution in [1.82, 2.24) is 9.58 Å². The van der Waals surface area contributed by atoms with Crippen molar-refractivity contribution >= 4 is 40.3 Å². The number of nitrogens with zero attached hydrogens (tertiary/aromatic N) is 4. The Morgan fingerprint density at radius 2 is 2.00 bits per heavy atom. The number of benzene rings is 1. The maximum atomic E-state index is 12.4. The van der Waals surface area contributed by atoms with Crippen molar-refractivity contribution in [3.8, 4) is 11.4 Å². The number of hydrogen-bond donors (Lipinski definition) is 1. The van der Waals surface area contributed by atoms with Crippen LogP contribution in [-0.4, -0.2) is 38.6 Å². The number of aryl methyl sites for hydroxylation is 1. The Labute approximate surface area is 166 Å². The second-order valence-corrected chi connectivity index (χ2v) is 7.16.